The summed E-state index contributed by atoms with van der Waals surface area (Å²) in [6.45, 7) is 8.45. The van der Waals surface area contributed by atoms with Crippen LogP contribution in [0.1, 0.15) is 52.3 Å². The maximum absolute atomic E-state index is 12.7. The monoisotopic (exact) mass is 289 g/mol. The zero-order valence-electron chi connectivity index (χ0n) is 13.5. The van der Waals surface area contributed by atoms with Crippen molar-refractivity contribution < 1.29 is 4.79 Å². The van der Waals surface area contributed by atoms with Crippen LogP contribution in [0.3, 0.4) is 0 Å². The lowest BCUT2D eigenvalue weighted by molar-refractivity contribution is -0.133. The summed E-state index contributed by atoms with van der Waals surface area (Å²) < 4.78 is 0. The van der Waals surface area contributed by atoms with Crippen molar-refractivity contribution in [3.05, 3.63) is 30.1 Å². The number of rotatable bonds is 3. The van der Waals surface area contributed by atoms with Crippen LogP contribution in [0.25, 0.3) is 0 Å². The molecule has 1 heterocycles. The summed E-state index contributed by atoms with van der Waals surface area (Å²) in [5.74, 6) is 0.475. The zero-order chi connectivity index (χ0) is 15.6. The van der Waals surface area contributed by atoms with Gasteiger partial charge in [0.25, 0.3) is 0 Å². The van der Waals surface area contributed by atoms with Gasteiger partial charge in [0.1, 0.15) is 0 Å². The summed E-state index contributed by atoms with van der Waals surface area (Å²) in [5.41, 5.74) is 6.98. The van der Waals surface area contributed by atoms with Gasteiger partial charge in [-0.1, -0.05) is 26.8 Å². The van der Waals surface area contributed by atoms with Gasteiger partial charge in [0.15, 0.2) is 0 Å². The van der Waals surface area contributed by atoms with E-state index in [0.29, 0.717) is 5.92 Å². The van der Waals surface area contributed by atoms with E-state index >= 15 is 0 Å². The first-order chi connectivity index (χ1) is 9.84. The molecule has 0 saturated heterocycles. The van der Waals surface area contributed by atoms with Gasteiger partial charge in [0.2, 0.25) is 5.91 Å². The molecular formula is C17H27N3O. The summed E-state index contributed by atoms with van der Waals surface area (Å²) in [6, 6.07) is 5.88. The minimum Gasteiger partial charge on any atom is -0.348 e. The fourth-order valence-electron chi connectivity index (χ4n) is 3.34. The largest absolute Gasteiger partial charge is 0.348 e. The Balaban J connectivity index is 2.06. The lowest BCUT2D eigenvalue weighted by atomic mass is 9.61. The summed E-state index contributed by atoms with van der Waals surface area (Å²) in [4.78, 5) is 17.0. The molecule has 1 aromatic heterocycles. The normalized spacial score (nSPS) is 29.7. The lowest BCUT2D eigenvalue weighted by Crippen LogP contribution is -2.51. The zero-order valence-corrected chi connectivity index (χ0v) is 13.5. The van der Waals surface area contributed by atoms with Crippen LogP contribution in [0.5, 0.6) is 0 Å². The Labute approximate surface area is 127 Å². The van der Waals surface area contributed by atoms with Crippen molar-refractivity contribution in [2.75, 3.05) is 0 Å². The smallest absolute Gasteiger partial charge is 0.224 e. The van der Waals surface area contributed by atoms with E-state index in [1.165, 1.54) is 0 Å². The quantitative estimate of drug-likeness (QED) is 0.899. The SMILES string of the molecule is CC1C(N)CCC(C(=O)N[C@H](C)c2ccccn2)C1(C)C. The minimum absolute atomic E-state index is 0.0125. The highest BCUT2D eigenvalue weighted by Crippen LogP contribution is 2.44. The number of nitrogens with two attached hydrogens (primary N) is 1. The third-order valence-corrected chi connectivity index (χ3v) is 5.31. The fourth-order valence-corrected chi connectivity index (χ4v) is 3.34. The maximum Gasteiger partial charge on any atom is 0.224 e. The van der Waals surface area contributed by atoms with E-state index in [9.17, 15) is 4.79 Å². The van der Waals surface area contributed by atoms with Crippen LogP contribution in [0.2, 0.25) is 0 Å². The van der Waals surface area contributed by atoms with E-state index in [2.05, 4.69) is 31.1 Å². The van der Waals surface area contributed by atoms with Crippen LogP contribution in [0.4, 0.5) is 0 Å². The van der Waals surface area contributed by atoms with Gasteiger partial charge in [0.05, 0.1) is 11.7 Å². The standard InChI is InChI=1S/C17H27N3O/c1-11-14(18)9-8-13(17(11,3)4)16(21)20-12(2)15-7-5-6-10-19-15/h5-7,10-14H,8-9,18H2,1-4H3,(H,20,21)/t11?,12-,13?,14?/m1/s1. The van der Waals surface area contributed by atoms with Crippen LogP contribution in [0.15, 0.2) is 24.4 Å². The molecule has 3 unspecified atom stereocenters. The molecule has 1 fully saturated rings. The highest BCUT2D eigenvalue weighted by Gasteiger charge is 2.45. The highest BCUT2D eigenvalue weighted by molar-refractivity contribution is 5.80. The van der Waals surface area contributed by atoms with Crippen molar-refractivity contribution in [2.45, 2.75) is 52.6 Å². The first-order valence-corrected chi connectivity index (χ1v) is 7.81. The second-order valence-electron chi connectivity index (χ2n) is 6.89. The molecule has 1 aliphatic rings. The average Bonchev–Trinajstić information content (AvgIpc) is 2.45. The summed E-state index contributed by atoms with van der Waals surface area (Å²) in [5, 5.41) is 3.11. The molecule has 1 saturated carbocycles. The van der Waals surface area contributed by atoms with Crippen molar-refractivity contribution in [1.82, 2.24) is 10.3 Å². The number of carbonyl (C=O) groups is 1. The molecule has 4 atom stereocenters. The summed E-state index contributed by atoms with van der Waals surface area (Å²) in [7, 11) is 0. The van der Waals surface area contributed by atoms with Crippen molar-refractivity contribution >= 4 is 5.91 Å². The Morgan fingerprint density at radius 2 is 2.14 bits per heavy atom. The third kappa shape index (κ3) is 3.26. The van der Waals surface area contributed by atoms with Gasteiger partial charge in [0, 0.05) is 18.2 Å². The Kier molecular flexibility index (Phi) is 4.67. The Morgan fingerprint density at radius 1 is 1.43 bits per heavy atom. The van der Waals surface area contributed by atoms with Gasteiger partial charge in [-0.05, 0) is 43.2 Å². The number of amides is 1. The van der Waals surface area contributed by atoms with Gasteiger partial charge in [-0.3, -0.25) is 9.78 Å². The average molecular weight is 289 g/mol. The van der Waals surface area contributed by atoms with Crippen molar-refractivity contribution in [2.24, 2.45) is 23.0 Å². The molecule has 4 heteroatoms. The van der Waals surface area contributed by atoms with Gasteiger partial charge in [-0.25, -0.2) is 0 Å². The maximum atomic E-state index is 12.7. The molecule has 2 rings (SSSR count). The molecule has 21 heavy (non-hydrogen) atoms. The first-order valence-electron chi connectivity index (χ1n) is 7.81. The van der Waals surface area contributed by atoms with Crippen LogP contribution in [0, 0.1) is 17.3 Å². The van der Waals surface area contributed by atoms with E-state index in [4.69, 9.17) is 5.73 Å². The Morgan fingerprint density at radius 3 is 2.76 bits per heavy atom. The van der Waals surface area contributed by atoms with Gasteiger partial charge in [-0.2, -0.15) is 0 Å². The van der Waals surface area contributed by atoms with Crippen molar-refractivity contribution in [3.63, 3.8) is 0 Å². The predicted octanol–water partition coefficient (Wildman–Crippen LogP) is 2.66. The minimum atomic E-state index is -0.0778. The van der Waals surface area contributed by atoms with Gasteiger partial charge < -0.3 is 11.1 Å². The number of nitrogens with one attached hydrogen (secondary N) is 1. The second kappa shape index (κ2) is 6.14. The van der Waals surface area contributed by atoms with Crippen molar-refractivity contribution in [3.8, 4) is 0 Å². The number of hydrogen-bond acceptors (Lipinski definition) is 3. The molecule has 0 bridgehead atoms. The summed E-state index contributed by atoms with van der Waals surface area (Å²) in [6.07, 6.45) is 3.53. The topological polar surface area (TPSA) is 68.0 Å². The molecule has 0 spiro atoms. The van der Waals surface area contributed by atoms with Crippen LogP contribution >= 0.6 is 0 Å². The molecular weight excluding hydrogens is 262 g/mol. The van der Waals surface area contributed by atoms with Crippen LogP contribution in [-0.2, 0) is 4.79 Å². The van der Waals surface area contributed by atoms with Gasteiger partial charge in [-0.15, -0.1) is 0 Å². The Bertz CT molecular complexity index is 486. The molecule has 0 aliphatic heterocycles. The van der Waals surface area contributed by atoms with E-state index < -0.39 is 0 Å². The number of hydrogen-bond donors (Lipinski definition) is 2. The van der Waals surface area contributed by atoms with Crippen LogP contribution < -0.4 is 11.1 Å². The molecule has 1 aromatic rings. The molecule has 3 N–H and O–H groups in total. The Hall–Kier alpha value is -1.42. The fraction of sp³-hybridized carbons (Fsp3) is 0.647. The van der Waals surface area contributed by atoms with Crippen molar-refractivity contribution in [1.29, 1.82) is 0 Å². The second-order valence-corrected chi connectivity index (χ2v) is 6.89. The number of aromatic nitrogens is 1. The number of pyridine rings is 1. The van der Waals surface area contributed by atoms with E-state index in [0.717, 1.165) is 18.5 Å². The first kappa shape index (κ1) is 16.0. The summed E-state index contributed by atoms with van der Waals surface area (Å²) >= 11 is 0. The molecule has 4 nitrogen and oxygen atoms in total. The molecule has 0 aromatic carbocycles. The molecule has 116 valence electrons. The number of carbonyl (C=O) groups excluding carboxylic acids is 1. The van der Waals surface area contributed by atoms with Gasteiger partial charge >= 0.3 is 0 Å². The van der Waals surface area contributed by atoms with E-state index in [1.807, 2.05) is 25.1 Å². The van der Waals surface area contributed by atoms with E-state index in [-0.39, 0.29) is 29.3 Å². The number of nitrogens with zero attached hydrogens (tertiary/aromatic N) is 1. The lowest BCUT2D eigenvalue weighted by Gasteiger charge is -2.46. The molecule has 1 aliphatic carbocycles. The molecule has 0 radical (unpaired) electrons. The van der Waals surface area contributed by atoms with Crippen LogP contribution in [-0.4, -0.2) is 16.9 Å². The predicted molar refractivity (Wildman–Crippen MR) is 84.4 cm³/mol. The third-order valence-electron chi connectivity index (χ3n) is 5.31. The molecule has 1 amide bonds. The van der Waals surface area contributed by atoms with E-state index in [1.54, 1.807) is 6.20 Å². The highest BCUT2D eigenvalue weighted by atomic mass is 16.2.